The summed E-state index contributed by atoms with van der Waals surface area (Å²) >= 11 is 0. The fourth-order valence-corrected chi connectivity index (χ4v) is 1.40. The smallest absolute Gasteiger partial charge is 0.305 e. The molecular weight excluding hydrogens is 184 g/mol. The first kappa shape index (κ1) is 11.5. The fraction of sp³-hybridized carbons (Fsp3) is 0.900. The minimum Gasteiger partial charge on any atom is -0.469 e. The molecule has 0 aromatic carbocycles. The van der Waals surface area contributed by atoms with Crippen LogP contribution in [0, 0.1) is 0 Å². The monoisotopic (exact) mass is 202 g/mol. The molecule has 2 atom stereocenters. The van der Waals surface area contributed by atoms with Gasteiger partial charge in [0.25, 0.3) is 0 Å². The van der Waals surface area contributed by atoms with Crippen molar-refractivity contribution in [3.63, 3.8) is 0 Å². The average Bonchev–Trinajstić information content (AvgIpc) is 2.17. The van der Waals surface area contributed by atoms with Gasteiger partial charge in [-0.1, -0.05) is 0 Å². The van der Waals surface area contributed by atoms with Gasteiger partial charge in [0.2, 0.25) is 0 Å². The van der Waals surface area contributed by atoms with Crippen LogP contribution in [0.5, 0.6) is 0 Å². The summed E-state index contributed by atoms with van der Waals surface area (Å²) in [5.74, 6) is -0.172. The van der Waals surface area contributed by atoms with E-state index in [1.165, 1.54) is 7.11 Å². The zero-order chi connectivity index (χ0) is 10.4. The zero-order valence-corrected chi connectivity index (χ0v) is 8.82. The first-order valence-corrected chi connectivity index (χ1v) is 5.06. The van der Waals surface area contributed by atoms with Gasteiger partial charge in [-0.05, 0) is 26.2 Å². The summed E-state index contributed by atoms with van der Waals surface area (Å²) < 4.78 is 15.5. The van der Waals surface area contributed by atoms with Crippen molar-refractivity contribution in [3.05, 3.63) is 0 Å². The van der Waals surface area contributed by atoms with Gasteiger partial charge in [-0.3, -0.25) is 4.79 Å². The van der Waals surface area contributed by atoms with Crippen molar-refractivity contribution in [2.24, 2.45) is 0 Å². The van der Waals surface area contributed by atoms with Crippen molar-refractivity contribution >= 4 is 5.97 Å². The quantitative estimate of drug-likeness (QED) is 0.648. The summed E-state index contributed by atoms with van der Waals surface area (Å²) in [4.78, 5) is 10.8. The molecule has 82 valence electrons. The van der Waals surface area contributed by atoms with Gasteiger partial charge in [-0.2, -0.15) is 0 Å². The molecule has 1 aliphatic heterocycles. The number of carbonyl (C=O) groups is 1. The highest BCUT2D eigenvalue weighted by atomic mass is 16.7. The van der Waals surface area contributed by atoms with Gasteiger partial charge in [-0.15, -0.1) is 0 Å². The molecule has 0 spiro atoms. The maximum Gasteiger partial charge on any atom is 0.305 e. The van der Waals surface area contributed by atoms with E-state index < -0.39 is 0 Å². The van der Waals surface area contributed by atoms with E-state index in [1.807, 2.05) is 6.92 Å². The SMILES string of the molecule is COC(=O)CCC[C@@H]1OCC[C@H](C)O1. The molecule has 1 saturated heterocycles. The number of carbonyl (C=O) groups excluding carboxylic acids is 1. The van der Waals surface area contributed by atoms with E-state index in [0.29, 0.717) is 6.42 Å². The molecule has 0 aliphatic carbocycles. The number of hydrogen-bond donors (Lipinski definition) is 0. The number of esters is 1. The third-order valence-corrected chi connectivity index (χ3v) is 2.26. The van der Waals surface area contributed by atoms with Crippen LogP contribution in [0.2, 0.25) is 0 Å². The molecule has 1 fully saturated rings. The third kappa shape index (κ3) is 4.07. The van der Waals surface area contributed by atoms with Crippen LogP contribution in [-0.2, 0) is 19.0 Å². The molecule has 0 bridgehead atoms. The zero-order valence-electron chi connectivity index (χ0n) is 8.82. The standard InChI is InChI=1S/C10H18O4/c1-8-6-7-13-10(14-8)5-3-4-9(11)12-2/h8,10H,3-7H2,1-2H3/t8-,10+/m0/s1. The predicted octanol–water partition coefficient (Wildman–Crippen LogP) is 1.48. The Morgan fingerprint density at radius 2 is 2.36 bits per heavy atom. The highest BCUT2D eigenvalue weighted by molar-refractivity contribution is 5.68. The minimum atomic E-state index is -0.172. The van der Waals surface area contributed by atoms with Crippen LogP contribution in [0.1, 0.15) is 32.6 Å². The van der Waals surface area contributed by atoms with Crippen LogP contribution < -0.4 is 0 Å². The van der Waals surface area contributed by atoms with Crippen LogP contribution in [0.4, 0.5) is 0 Å². The molecule has 14 heavy (non-hydrogen) atoms. The van der Waals surface area contributed by atoms with Gasteiger partial charge in [-0.25, -0.2) is 0 Å². The minimum absolute atomic E-state index is 0.136. The Bertz CT molecular complexity index is 181. The van der Waals surface area contributed by atoms with Gasteiger partial charge < -0.3 is 14.2 Å². The van der Waals surface area contributed by atoms with Crippen LogP contribution in [0.3, 0.4) is 0 Å². The molecule has 1 aliphatic rings. The molecule has 0 N–H and O–H groups in total. The molecule has 0 saturated carbocycles. The number of methoxy groups -OCH3 is 1. The van der Waals surface area contributed by atoms with Crippen LogP contribution in [-0.4, -0.2) is 32.1 Å². The van der Waals surface area contributed by atoms with E-state index in [0.717, 1.165) is 25.9 Å². The van der Waals surface area contributed by atoms with Crippen molar-refractivity contribution in [2.75, 3.05) is 13.7 Å². The van der Waals surface area contributed by atoms with E-state index in [1.54, 1.807) is 0 Å². The van der Waals surface area contributed by atoms with Gasteiger partial charge in [0, 0.05) is 6.42 Å². The Hall–Kier alpha value is -0.610. The lowest BCUT2D eigenvalue weighted by atomic mass is 10.2. The predicted molar refractivity (Wildman–Crippen MR) is 50.8 cm³/mol. The lowest BCUT2D eigenvalue weighted by Gasteiger charge is -2.27. The van der Waals surface area contributed by atoms with E-state index in [9.17, 15) is 4.79 Å². The van der Waals surface area contributed by atoms with Crippen molar-refractivity contribution in [3.8, 4) is 0 Å². The number of hydrogen-bond acceptors (Lipinski definition) is 4. The molecule has 0 aromatic rings. The van der Waals surface area contributed by atoms with Gasteiger partial charge in [0.1, 0.15) is 0 Å². The second-order valence-corrected chi connectivity index (χ2v) is 3.50. The second-order valence-electron chi connectivity index (χ2n) is 3.50. The van der Waals surface area contributed by atoms with Crippen LogP contribution >= 0.6 is 0 Å². The molecule has 4 nitrogen and oxygen atoms in total. The maximum absolute atomic E-state index is 10.8. The van der Waals surface area contributed by atoms with E-state index >= 15 is 0 Å². The molecule has 0 amide bonds. The first-order chi connectivity index (χ1) is 6.72. The van der Waals surface area contributed by atoms with Gasteiger partial charge >= 0.3 is 5.97 Å². The lowest BCUT2D eigenvalue weighted by Crippen LogP contribution is -2.30. The fourth-order valence-electron chi connectivity index (χ4n) is 1.40. The van der Waals surface area contributed by atoms with E-state index in [2.05, 4.69) is 4.74 Å². The largest absolute Gasteiger partial charge is 0.469 e. The summed E-state index contributed by atoms with van der Waals surface area (Å²) in [5, 5.41) is 0. The van der Waals surface area contributed by atoms with Gasteiger partial charge in [0.05, 0.1) is 19.8 Å². The average molecular weight is 202 g/mol. The summed E-state index contributed by atoms with van der Waals surface area (Å²) in [6.07, 6.45) is 3.04. The van der Waals surface area contributed by atoms with E-state index in [-0.39, 0.29) is 18.4 Å². The Morgan fingerprint density at radius 3 is 3.00 bits per heavy atom. The maximum atomic E-state index is 10.8. The summed E-state index contributed by atoms with van der Waals surface area (Å²) in [6, 6.07) is 0. The Kier molecular flexibility index (Phi) is 4.90. The highest BCUT2D eigenvalue weighted by Crippen LogP contribution is 2.16. The molecule has 1 heterocycles. The van der Waals surface area contributed by atoms with Crippen molar-refractivity contribution in [1.82, 2.24) is 0 Å². The summed E-state index contributed by atoms with van der Waals surface area (Å²) in [5.41, 5.74) is 0. The molecular formula is C10H18O4. The first-order valence-electron chi connectivity index (χ1n) is 5.06. The molecule has 0 radical (unpaired) electrons. The number of ether oxygens (including phenoxy) is 3. The second kappa shape index (κ2) is 5.98. The summed E-state index contributed by atoms with van der Waals surface area (Å²) in [7, 11) is 1.40. The molecule has 1 rings (SSSR count). The Labute approximate surface area is 84.5 Å². The number of rotatable bonds is 4. The van der Waals surface area contributed by atoms with Crippen molar-refractivity contribution < 1.29 is 19.0 Å². The lowest BCUT2D eigenvalue weighted by molar-refractivity contribution is -0.210. The summed E-state index contributed by atoms with van der Waals surface area (Å²) in [6.45, 7) is 2.79. The molecule has 4 heteroatoms. The van der Waals surface area contributed by atoms with Crippen LogP contribution in [0.15, 0.2) is 0 Å². The molecule has 0 aromatic heterocycles. The molecule has 0 unspecified atom stereocenters. The highest BCUT2D eigenvalue weighted by Gasteiger charge is 2.19. The van der Waals surface area contributed by atoms with E-state index in [4.69, 9.17) is 9.47 Å². The Morgan fingerprint density at radius 1 is 1.57 bits per heavy atom. The van der Waals surface area contributed by atoms with Crippen LogP contribution in [0.25, 0.3) is 0 Å². The topological polar surface area (TPSA) is 44.8 Å². The van der Waals surface area contributed by atoms with Crippen molar-refractivity contribution in [1.29, 1.82) is 0 Å². The third-order valence-electron chi connectivity index (χ3n) is 2.26. The van der Waals surface area contributed by atoms with Gasteiger partial charge in [0.15, 0.2) is 6.29 Å². The van der Waals surface area contributed by atoms with Crippen molar-refractivity contribution in [2.45, 2.75) is 45.0 Å². The normalized spacial score (nSPS) is 27.3. The Balaban J connectivity index is 2.08.